The van der Waals surface area contributed by atoms with Gasteiger partial charge in [0.05, 0.1) is 10.8 Å². The summed E-state index contributed by atoms with van der Waals surface area (Å²) in [6.07, 6.45) is -4.56. The summed E-state index contributed by atoms with van der Waals surface area (Å²) < 4.78 is 43.6. The second kappa shape index (κ2) is 15.4. The minimum absolute atomic E-state index is 0.0608. The molecule has 10 heteroatoms. The Morgan fingerprint density at radius 3 is 1.73 bits per heavy atom. The Morgan fingerprint density at radius 2 is 1.27 bits per heavy atom. The summed E-state index contributed by atoms with van der Waals surface area (Å²) in [5.41, 5.74) is 8.74. The van der Waals surface area contributed by atoms with Gasteiger partial charge in [0.2, 0.25) is 11.8 Å². The zero-order chi connectivity index (χ0) is 34.3. The van der Waals surface area contributed by atoms with Crippen LogP contribution in [0.5, 0.6) is 0 Å². The number of thioether (sulfide) groups is 1. The SMILES string of the molecule is CC(C)CC(NC(c1cc2ccccc2s1)C(F)(F)F)C(=O)NC(CSC(c1ccccc1)(c1ccccc1)c1ccccc1)C(N)=O. The number of hydrogen-bond acceptors (Lipinski definition) is 5. The molecule has 250 valence electrons. The van der Waals surface area contributed by atoms with Gasteiger partial charge >= 0.3 is 6.18 Å². The molecule has 2 amide bonds. The van der Waals surface area contributed by atoms with Gasteiger partial charge in [0.1, 0.15) is 12.1 Å². The van der Waals surface area contributed by atoms with E-state index in [1.165, 1.54) is 17.8 Å². The van der Waals surface area contributed by atoms with E-state index in [0.717, 1.165) is 32.7 Å². The molecule has 5 rings (SSSR count). The van der Waals surface area contributed by atoms with Gasteiger partial charge in [-0.05, 0) is 46.5 Å². The molecule has 0 aliphatic rings. The van der Waals surface area contributed by atoms with E-state index in [1.54, 1.807) is 24.3 Å². The first-order valence-corrected chi connectivity index (χ1v) is 17.5. The van der Waals surface area contributed by atoms with Crippen LogP contribution < -0.4 is 16.4 Å². The molecule has 0 saturated heterocycles. The molecule has 0 aliphatic carbocycles. The van der Waals surface area contributed by atoms with Crippen molar-refractivity contribution in [2.75, 3.05) is 5.75 Å². The molecule has 5 nitrogen and oxygen atoms in total. The Morgan fingerprint density at radius 1 is 0.771 bits per heavy atom. The number of hydrogen-bond donors (Lipinski definition) is 3. The van der Waals surface area contributed by atoms with Gasteiger partial charge < -0.3 is 11.1 Å². The summed E-state index contributed by atoms with van der Waals surface area (Å²) in [5.74, 6) is -1.55. The monoisotopic (exact) mass is 689 g/mol. The average molecular weight is 690 g/mol. The van der Waals surface area contributed by atoms with Gasteiger partial charge in [0, 0.05) is 15.3 Å². The van der Waals surface area contributed by atoms with Crippen molar-refractivity contribution in [2.24, 2.45) is 11.7 Å². The first-order chi connectivity index (χ1) is 23.0. The van der Waals surface area contributed by atoms with Crippen LogP contribution in [0, 0.1) is 5.92 Å². The van der Waals surface area contributed by atoms with Crippen LogP contribution in [0.1, 0.15) is 47.9 Å². The van der Waals surface area contributed by atoms with Gasteiger partial charge in [-0.3, -0.25) is 14.9 Å². The number of halogens is 3. The van der Waals surface area contributed by atoms with Gasteiger partial charge in [-0.2, -0.15) is 13.2 Å². The number of carbonyl (C=O) groups excluding carboxylic acids is 2. The minimum Gasteiger partial charge on any atom is -0.368 e. The number of carbonyl (C=O) groups is 2. The maximum absolute atomic E-state index is 14.6. The lowest BCUT2D eigenvalue weighted by Crippen LogP contribution is -2.55. The van der Waals surface area contributed by atoms with Gasteiger partial charge in [0.25, 0.3) is 0 Å². The summed E-state index contributed by atoms with van der Waals surface area (Å²) in [4.78, 5) is 26.8. The van der Waals surface area contributed by atoms with Crippen molar-refractivity contribution in [3.63, 3.8) is 0 Å². The van der Waals surface area contributed by atoms with E-state index >= 15 is 0 Å². The van der Waals surface area contributed by atoms with Crippen LogP contribution in [-0.4, -0.2) is 35.8 Å². The highest BCUT2D eigenvalue weighted by Crippen LogP contribution is 2.48. The van der Waals surface area contributed by atoms with Crippen LogP contribution >= 0.6 is 23.1 Å². The minimum atomic E-state index is -4.67. The van der Waals surface area contributed by atoms with Crippen LogP contribution in [0.2, 0.25) is 0 Å². The highest BCUT2D eigenvalue weighted by atomic mass is 32.2. The van der Waals surface area contributed by atoms with E-state index in [2.05, 4.69) is 10.6 Å². The van der Waals surface area contributed by atoms with Crippen LogP contribution in [0.25, 0.3) is 10.1 Å². The Labute approximate surface area is 287 Å². The van der Waals surface area contributed by atoms with Gasteiger partial charge in [0.15, 0.2) is 0 Å². The topological polar surface area (TPSA) is 84.2 Å². The second-order valence-corrected chi connectivity index (χ2v) is 14.4. The van der Waals surface area contributed by atoms with E-state index in [0.29, 0.717) is 5.39 Å². The molecule has 0 spiro atoms. The van der Waals surface area contributed by atoms with Crippen molar-refractivity contribution in [2.45, 2.75) is 49.3 Å². The molecule has 0 aliphatic heterocycles. The normalized spacial score (nSPS) is 14.0. The van der Waals surface area contributed by atoms with Gasteiger partial charge in [-0.1, -0.05) is 123 Å². The van der Waals surface area contributed by atoms with Crippen molar-refractivity contribution in [3.8, 4) is 0 Å². The fourth-order valence-electron chi connectivity index (χ4n) is 5.85. The molecule has 0 fully saturated rings. The molecule has 3 unspecified atom stereocenters. The van der Waals surface area contributed by atoms with Crippen LogP contribution in [0.15, 0.2) is 121 Å². The quantitative estimate of drug-likeness (QED) is 0.103. The van der Waals surface area contributed by atoms with Gasteiger partial charge in [-0.25, -0.2) is 0 Å². The fourth-order valence-corrected chi connectivity index (χ4v) is 8.57. The number of primary amides is 1. The summed E-state index contributed by atoms with van der Waals surface area (Å²) in [6, 6.07) is 33.6. The van der Waals surface area contributed by atoms with Crippen molar-refractivity contribution in [3.05, 3.63) is 143 Å². The van der Waals surface area contributed by atoms with E-state index in [4.69, 9.17) is 5.73 Å². The molecule has 0 bridgehead atoms. The highest BCUT2D eigenvalue weighted by Gasteiger charge is 2.44. The van der Waals surface area contributed by atoms with Crippen molar-refractivity contribution in [1.29, 1.82) is 0 Å². The van der Waals surface area contributed by atoms with E-state index < -0.39 is 40.9 Å². The molecule has 1 heterocycles. The first kappa shape index (κ1) is 35.2. The smallest absolute Gasteiger partial charge is 0.368 e. The van der Waals surface area contributed by atoms with Crippen molar-refractivity contribution < 1.29 is 22.8 Å². The molecule has 4 N–H and O–H groups in total. The molecule has 0 radical (unpaired) electrons. The number of nitrogens with two attached hydrogens (primary N) is 1. The number of alkyl halides is 3. The average Bonchev–Trinajstić information content (AvgIpc) is 3.50. The maximum Gasteiger partial charge on any atom is 0.408 e. The lowest BCUT2D eigenvalue weighted by atomic mass is 9.84. The zero-order valence-corrected chi connectivity index (χ0v) is 28.2. The zero-order valence-electron chi connectivity index (χ0n) is 26.6. The first-order valence-electron chi connectivity index (χ1n) is 15.7. The standard InChI is InChI=1S/C38H38F3N3O2S2/c1-25(2)22-30(43-34(38(39,40)41)33-23-26-14-12-13-21-32(26)48-33)36(46)44-31(35(42)45)24-47-37(27-15-6-3-7-16-27,28-17-8-4-9-18-28)29-19-10-5-11-20-29/h3-21,23,25,30-31,34,43H,22,24H2,1-2H3,(H2,42,45)(H,44,46). The molecule has 5 aromatic rings. The van der Waals surface area contributed by atoms with E-state index in [-0.39, 0.29) is 23.0 Å². The summed E-state index contributed by atoms with van der Waals surface area (Å²) in [6.45, 7) is 3.67. The number of rotatable bonds is 14. The summed E-state index contributed by atoms with van der Waals surface area (Å²) >= 11 is 2.47. The Bertz CT molecular complexity index is 1670. The predicted octanol–water partition coefficient (Wildman–Crippen LogP) is 8.20. The number of benzene rings is 4. The number of nitrogens with one attached hydrogen (secondary N) is 2. The molecular weight excluding hydrogens is 652 g/mol. The number of fused-ring (bicyclic) bond motifs is 1. The third-order valence-corrected chi connectivity index (χ3v) is 10.9. The van der Waals surface area contributed by atoms with Crippen LogP contribution in [0.3, 0.4) is 0 Å². The lowest BCUT2D eigenvalue weighted by Gasteiger charge is -2.36. The summed E-state index contributed by atoms with van der Waals surface area (Å²) in [7, 11) is 0. The molecule has 1 aromatic heterocycles. The predicted molar refractivity (Wildman–Crippen MR) is 190 cm³/mol. The molecule has 0 saturated carbocycles. The van der Waals surface area contributed by atoms with E-state index in [1.807, 2.05) is 105 Å². The largest absolute Gasteiger partial charge is 0.408 e. The van der Waals surface area contributed by atoms with E-state index in [9.17, 15) is 22.8 Å². The van der Waals surface area contributed by atoms with Gasteiger partial charge in [-0.15, -0.1) is 23.1 Å². The Kier molecular flexibility index (Phi) is 11.3. The van der Waals surface area contributed by atoms with Crippen molar-refractivity contribution in [1.82, 2.24) is 10.6 Å². The second-order valence-electron chi connectivity index (χ2n) is 12.1. The Hall–Kier alpha value is -4.12. The Balaban J connectivity index is 1.45. The highest BCUT2D eigenvalue weighted by molar-refractivity contribution is 8.00. The third kappa shape index (κ3) is 8.11. The molecule has 3 atom stereocenters. The maximum atomic E-state index is 14.6. The molecule has 48 heavy (non-hydrogen) atoms. The van der Waals surface area contributed by atoms with Crippen molar-refractivity contribution >= 4 is 45.0 Å². The number of thiophene rings is 1. The molecular formula is C38H38F3N3O2S2. The lowest BCUT2D eigenvalue weighted by molar-refractivity contribution is -0.160. The fraction of sp³-hybridized carbons (Fsp3) is 0.263. The van der Waals surface area contributed by atoms with Crippen LogP contribution in [-0.2, 0) is 14.3 Å². The molecule has 4 aromatic carbocycles. The summed E-state index contributed by atoms with van der Waals surface area (Å²) in [5, 5.41) is 6.03. The number of amides is 2. The third-order valence-electron chi connectivity index (χ3n) is 8.12. The van der Waals surface area contributed by atoms with Crippen LogP contribution in [0.4, 0.5) is 13.2 Å².